The summed E-state index contributed by atoms with van der Waals surface area (Å²) in [4.78, 5) is 15.6. The molecule has 0 spiro atoms. The van der Waals surface area contributed by atoms with Gasteiger partial charge in [-0.15, -0.1) is 0 Å². The summed E-state index contributed by atoms with van der Waals surface area (Å²) in [5, 5.41) is 4.27. The minimum absolute atomic E-state index is 0.168. The smallest absolute Gasteiger partial charge is 0.326 e. The van der Waals surface area contributed by atoms with E-state index in [1.165, 1.54) is 0 Å². The van der Waals surface area contributed by atoms with Gasteiger partial charge in [-0.1, -0.05) is 12.1 Å². The molecule has 1 N–H and O–H groups in total. The summed E-state index contributed by atoms with van der Waals surface area (Å²) in [6.07, 6.45) is 3.56. The van der Waals surface area contributed by atoms with Gasteiger partial charge in [0.2, 0.25) is 0 Å². The van der Waals surface area contributed by atoms with Crippen LogP contribution in [0, 0.1) is 0 Å². The Labute approximate surface area is 155 Å². The molecule has 0 radical (unpaired) electrons. The molecule has 0 atom stereocenters. The highest BCUT2D eigenvalue weighted by Crippen LogP contribution is 2.29. The molecule has 0 unspecified atom stereocenters. The molecule has 4 rings (SSSR count). The van der Waals surface area contributed by atoms with Gasteiger partial charge in [0.1, 0.15) is 0 Å². The molecule has 0 aliphatic heterocycles. The van der Waals surface area contributed by atoms with Gasteiger partial charge >= 0.3 is 5.69 Å². The second-order valence-electron chi connectivity index (χ2n) is 6.06. The Bertz CT molecular complexity index is 1130. The van der Waals surface area contributed by atoms with Crippen molar-refractivity contribution in [3.63, 3.8) is 0 Å². The summed E-state index contributed by atoms with van der Waals surface area (Å²) in [7, 11) is 1.61. The van der Waals surface area contributed by atoms with Crippen LogP contribution in [0.25, 0.3) is 16.7 Å². The quantitative estimate of drug-likeness (QED) is 0.571. The molecule has 0 fully saturated rings. The van der Waals surface area contributed by atoms with Crippen LogP contribution in [-0.4, -0.2) is 33.0 Å². The van der Waals surface area contributed by atoms with Crippen molar-refractivity contribution in [2.75, 3.05) is 13.7 Å². The molecule has 0 saturated carbocycles. The fourth-order valence-corrected chi connectivity index (χ4v) is 3.19. The minimum Gasteiger partial charge on any atom is -0.493 e. The lowest BCUT2D eigenvalue weighted by molar-refractivity contribution is 0.310. The monoisotopic (exact) mass is 364 g/mol. The van der Waals surface area contributed by atoms with Crippen molar-refractivity contribution in [3.8, 4) is 17.2 Å². The highest BCUT2D eigenvalue weighted by molar-refractivity contribution is 5.84. The number of nitrogens with one attached hydrogen (secondary N) is 1. The number of hydrogen-bond donors (Lipinski definition) is 1. The summed E-state index contributed by atoms with van der Waals surface area (Å²) in [6.45, 7) is 2.89. The molecule has 2 aromatic carbocycles. The van der Waals surface area contributed by atoms with E-state index in [-0.39, 0.29) is 5.69 Å². The largest absolute Gasteiger partial charge is 0.493 e. The van der Waals surface area contributed by atoms with E-state index in [2.05, 4.69) is 10.1 Å². The molecule has 0 aliphatic carbocycles. The van der Waals surface area contributed by atoms with Crippen LogP contribution in [-0.2, 0) is 6.54 Å². The number of imidazole rings is 1. The van der Waals surface area contributed by atoms with Crippen LogP contribution in [0.1, 0.15) is 12.5 Å². The highest BCUT2D eigenvalue weighted by Gasteiger charge is 2.13. The molecule has 0 amide bonds. The summed E-state index contributed by atoms with van der Waals surface area (Å²) in [6, 6.07) is 13.3. The fourth-order valence-electron chi connectivity index (χ4n) is 3.19. The van der Waals surface area contributed by atoms with Gasteiger partial charge in [-0.3, -0.25) is 4.57 Å². The van der Waals surface area contributed by atoms with Gasteiger partial charge in [-0.05, 0) is 42.8 Å². The van der Waals surface area contributed by atoms with Crippen LogP contribution >= 0.6 is 0 Å². The van der Waals surface area contributed by atoms with E-state index in [4.69, 9.17) is 9.47 Å². The third-order valence-electron chi connectivity index (χ3n) is 4.41. The number of methoxy groups -OCH3 is 1. The van der Waals surface area contributed by atoms with Crippen molar-refractivity contribution in [2.24, 2.45) is 0 Å². The summed E-state index contributed by atoms with van der Waals surface area (Å²) >= 11 is 0. The van der Waals surface area contributed by atoms with Crippen LogP contribution < -0.4 is 15.2 Å². The third kappa shape index (κ3) is 3.08. The molecule has 7 heteroatoms. The second kappa shape index (κ2) is 7.03. The van der Waals surface area contributed by atoms with Gasteiger partial charge in [0.25, 0.3) is 0 Å². The number of hydrogen-bond acceptors (Lipinski definition) is 4. The number of benzene rings is 2. The Morgan fingerprint density at radius 1 is 1.15 bits per heavy atom. The molecule has 7 nitrogen and oxygen atoms in total. The number of nitrogens with zero attached hydrogens (tertiary/aromatic N) is 3. The molecule has 2 aromatic heterocycles. The van der Waals surface area contributed by atoms with E-state index in [0.717, 1.165) is 22.3 Å². The summed E-state index contributed by atoms with van der Waals surface area (Å²) < 4.78 is 14.4. The average Bonchev–Trinajstić information content (AvgIpc) is 3.31. The van der Waals surface area contributed by atoms with Gasteiger partial charge in [-0.25, -0.2) is 9.48 Å². The van der Waals surface area contributed by atoms with Crippen molar-refractivity contribution in [2.45, 2.75) is 13.5 Å². The Kier molecular flexibility index (Phi) is 4.42. The van der Waals surface area contributed by atoms with Gasteiger partial charge in [-0.2, -0.15) is 5.10 Å². The normalized spacial score (nSPS) is 11.0. The molecular formula is C20H20N4O3. The standard InChI is InChI=1S/C20H20N4O3/c1-3-27-18-12-14(8-9-17(18)26-2)13-23-15-6-4-7-16(19(15)22-20(23)25)24-11-5-10-21-24/h4-12H,3,13H2,1-2H3,(H,22,25). The van der Waals surface area contributed by atoms with E-state index in [9.17, 15) is 4.79 Å². The number of para-hydroxylation sites is 1. The maximum absolute atomic E-state index is 12.6. The van der Waals surface area contributed by atoms with Crippen molar-refractivity contribution >= 4 is 11.0 Å². The zero-order valence-electron chi connectivity index (χ0n) is 15.2. The Balaban J connectivity index is 1.77. The second-order valence-corrected chi connectivity index (χ2v) is 6.06. The van der Waals surface area contributed by atoms with E-state index in [1.54, 1.807) is 22.6 Å². The van der Waals surface area contributed by atoms with Crippen molar-refractivity contribution in [1.29, 1.82) is 0 Å². The molecule has 0 bridgehead atoms. The summed E-state index contributed by atoms with van der Waals surface area (Å²) in [5.74, 6) is 1.34. The van der Waals surface area contributed by atoms with Gasteiger partial charge in [0.05, 0.1) is 37.0 Å². The van der Waals surface area contributed by atoms with Crippen LogP contribution in [0.15, 0.2) is 59.7 Å². The Hall–Kier alpha value is -3.48. The molecule has 138 valence electrons. The SMILES string of the molecule is CCOc1cc(Cn2c(=O)[nH]c3c(-n4cccn4)cccc32)ccc1OC. The topological polar surface area (TPSA) is 74.1 Å². The molecule has 4 aromatic rings. The number of aromatic nitrogens is 4. The first-order chi connectivity index (χ1) is 13.2. The molecule has 0 aliphatic rings. The van der Waals surface area contributed by atoms with E-state index in [1.807, 2.05) is 55.6 Å². The number of rotatable bonds is 6. The maximum Gasteiger partial charge on any atom is 0.326 e. The number of aromatic amines is 1. The molecular weight excluding hydrogens is 344 g/mol. The molecule has 0 saturated heterocycles. The van der Waals surface area contributed by atoms with Crippen LogP contribution in [0.4, 0.5) is 0 Å². The highest BCUT2D eigenvalue weighted by atomic mass is 16.5. The van der Waals surface area contributed by atoms with Gasteiger partial charge < -0.3 is 14.5 Å². The predicted molar refractivity (Wildman–Crippen MR) is 103 cm³/mol. The van der Waals surface area contributed by atoms with Crippen molar-refractivity contribution < 1.29 is 9.47 Å². The maximum atomic E-state index is 12.6. The van der Waals surface area contributed by atoms with Crippen molar-refractivity contribution in [1.82, 2.24) is 19.3 Å². The number of fused-ring (bicyclic) bond motifs is 1. The third-order valence-corrected chi connectivity index (χ3v) is 4.41. The summed E-state index contributed by atoms with van der Waals surface area (Å²) in [5.41, 5.74) is 3.19. The first-order valence-electron chi connectivity index (χ1n) is 8.72. The zero-order chi connectivity index (χ0) is 18.8. The van der Waals surface area contributed by atoms with E-state index >= 15 is 0 Å². The first-order valence-corrected chi connectivity index (χ1v) is 8.72. The van der Waals surface area contributed by atoms with Gasteiger partial charge in [0.15, 0.2) is 11.5 Å². The van der Waals surface area contributed by atoms with E-state index < -0.39 is 0 Å². The lowest BCUT2D eigenvalue weighted by Crippen LogP contribution is -2.17. The lowest BCUT2D eigenvalue weighted by Gasteiger charge is -2.11. The average molecular weight is 364 g/mol. The van der Waals surface area contributed by atoms with Crippen molar-refractivity contribution in [3.05, 3.63) is 70.9 Å². The Morgan fingerprint density at radius 3 is 2.78 bits per heavy atom. The number of H-pyrrole nitrogens is 1. The van der Waals surface area contributed by atoms with Crippen LogP contribution in [0.3, 0.4) is 0 Å². The van der Waals surface area contributed by atoms with Crippen LogP contribution in [0.2, 0.25) is 0 Å². The van der Waals surface area contributed by atoms with Gasteiger partial charge in [0, 0.05) is 12.4 Å². The van der Waals surface area contributed by atoms with Crippen LogP contribution in [0.5, 0.6) is 11.5 Å². The molecule has 2 heterocycles. The van der Waals surface area contributed by atoms with E-state index in [0.29, 0.717) is 24.7 Å². The lowest BCUT2D eigenvalue weighted by atomic mass is 10.2. The first kappa shape index (κ1) is 17.0. The fraction of sp³-hybridized carbons (Fsp3) is 0.200. The Morgan fingerprint density at radius 2 is 2.04 bits per heavy atom. The zero-order valence-corrected chi connectivity index (χ0v) is 15.2. The number of ether oxygens (including phenoxy) is 2. The predicted octanol–water partition coefficient (Wildman–Crippen LogP) is 2.97. The minimum atomic E-state index is -0.168. The molecule has 27 heavy (non-hydrogen) atoms.